The number of nitrogens with zero attached hydrogens (tertiary/aromatic N) is 5. The molecule has 0 radical (unpaired) electrons. The van der Waals surface area contributed by atoms with Crippen molar-refractivity contribution in [1.82, 2.24) is 24.8 Å². The third-order valence-electron chi connectivity index (χ3n) is 6.34. The van der Waals surface area contributed by atoms with Crippen LogP contribution in [0.5, 0.6) is 0 Å². The van der Waals surface area contributed by atoms with Gasteiger partial charge in [0.25, 0.3) is 5.95 Å². The van der Waals surface area contributed by atoms with Crippen LogP contribution in [0.2, 0.25) is 0 Å². The topological polar surface area (TPSA) is 60.0 Å². The maximum Gasteiger partial charge on any atom is 0.291 e. The molecule has 0 bridgehead atoms. The van der Waals surface area contributed by atoms with Crippen molar-refractivity contribution >= 4 is 10.9 Å². The molecule has 142 valence electrons. The molecule has 3 aromatic rings. The monoisotopic (exact) mass is 365 g/mol. The first kappa shape index (κ1) is 16.9. The fraction of sp³-hybridized carbons (Fsp3) is 0.571. The average Bonchev–Trinajstić information content (AvgIpc) is 3.25. The Hall–Kier alpha value is -2.21. The minimum absolute atomic E-state index is 0.372. The molecule has 0 amide bonds. The smallest absolute Gasteiger partial charge is 0.291 e. The Morgan fingerprint density at radius 3 is 2.67 bits per heavy atom. The van der Waals surface area contributed by atoms with Crippen LogP contribution in [0.15, 0.2) is 22.7 Å². The van der Waals surface area contributed by atoms with Crippen molar-refractivity contribution in [3.05, 3.63) is 35.3 Å². The SMILES string of the molecule is CCc1nn(-c2noc(C3CCN(C4CCC4)CC3)n2)c2cc(C)ccc12. The number of rotatable bonds is 4. The number of hydrogen-bond donors (Lipinski definition) is 0. The van der Waals surface area contributed by atoms with Crippen molar-refractivity contribution in [1.29, 1.82) is 0 Å². The van der Waals surface area contributed by atoms with E-state index < -0.39 is 0 Å². The highest BCUT2D eigenvalue weighted by Gasteiger charge is 2.31. The summed E-state index contributed by atoms with van der Waals surface area (Å²) in [6.45, 7) is 6.53. The molecular weight excluding hydrogens is 338 g/mol. The third-order valence-corrected chi connectivity index (χ3v) is 6.34. The molecule has 6 nitrogen and oxygen atoms in total. The summed E-state index contributed by atoms with van der Waals surface area (Å²) in [4.78, 5) is 7.39. The van der Waals surface area contributed by atoms with E-state index in [4.69, 9.17) is 14.6 Å². The number of piperidine rings is 1. The molecule has 2 aliphatic rings. The highest BCUT2D eigenvalue weighted by molar-refractivity contribution is 5.83. The number of fused-ring (bicyclic) bond motifs is 1. The van der Waals surface area contributed by atoms with Gasteiger partial charge in [-0.2, -0.15) is 14.8 Å². The predicted octanol–water partition coefficient (Wildman–Crippen LogP) is 4.01. The standard InChI is InChI=1S/C21H27N5O/c1-3-18-17-8-7-14(2)13-19(17)26(23-18)21-22-20(27-24-21)15-9-11-25(12-10-15)16-5-4-6-16/h7-8,13,15-16H,3-6,9-12H2,1-2H3. The second kappa shape index (κ2) is 6.75. The molecule has 27 heavy (non-hydrogen) atoms. The van der Waals surface area contributed by atoms with E-state index >= 15 is 0 Å². The van der Waals surface area contributed by atoms with Crippen LogP contribution in [0.3, 0.4) is 0 Å². The van der Waals surface area contributed by atoms with E-state index in [-0.39, 0.29) is 0 Å². The molecule has 5 rings (SSSR count). The molecule has 1 aliphatic carbocycles. The van der Waals surface area contributed by atoms with Crippen LogP contribution < -0.4 is 0 Å². The Balaban J connectivity index is 1.39. The molecule has 0 unspecified atom stereocenters. The summed E-state index contributed by atoms with van der Waals surface area (Å²) < 4.78 is 7.52. The van der Waals surface area contributed by atoms with Crippen molar-refractivity contribution in [3.8, 4) is 5.95 Å². The fourth-order valence-electron chi connectivity index (χ4n) is 4.45. The van der Waals surface area contributed by atoms with Gasteiger partial charge in [0.1, 0.15) is 0 Å². The fourth-order valence-corrected chi connectivity index (χ4v) is 4.45. The Kier molecular flexibility index (Phi) is 4.23. The van der Waals surface area contributed by atoms with Crippen LogP contribution in [-0.2, 0) is 6.42 Å². The van der Waals surface area contributed by atoms with Gasteiger partial charge in [0, 0.05) is 17.3 Å². The predicted molar refractivity (Wildman–Crippen MR) is 104 cm³/mol. The lowest BCUT2D eigenvalue weighted by Gasteiger charge is -2.41. The van der Waals surface area contributed by atoms with E-state index in [9.17, 15) is 0 Å². The van der Waals surface area contributed by atoms with E-state index in [1.54, 1.807) is 0 Å². The molecule has 0 atom stereocenters. The second-order valence-corrected chi connectivity index (χ2v) is 8.06. The lowest BCUT2D eigenvalue weighted by molar-refractivity contribution is 0.0923. The van der Waals surface area contributed by atoms with Crippen LogP contribution in [-0.4, -0.2) is 44.0 Å². The number of aromatic nitrogens is 4. The van der Waals surface area contributed by atoms with E-state index in [0.29, 0.717) is 11.9 Å². The number of benzene rings is 1. The van der Waals surface area contributed by atoms with E-state index in [2.05, 4.69) is 42.1 Å². The Labute approximate surface area is 159 Å². The zero-order valence-electron chi connectivity index (χ0n) is 16.2. The summed E-state index contributed by atoms with van der Waals surface area (Å²) in [6, 6.07) is 7.25. The average molecular weight is 365 g/mol. The first-order chi connectivity index (χ1) is 13.2. The summed E-state index contributed by atoms with van der Waals surface area (Å²) in [7, 11) is 0. The molecule has 1 saturated heterocycles. The minimum atomic E-state index is 0.372. The maximum atomic E-state index is 5.68. The highest BCUT2D eigenvalue weighted by atomic mass is 16.5. The van der Waals surface area contributed by atoms with E-state index in [0.717, 1.165) is 55.5 Å². The zero-order valence-corrected chi connectivity index (χ0v) is 16.2. The Morgan fingerprint density at radius 1 is 1.15 bits per heavy atom. The third kappa shape index (κ3) is 2.96. The molecule has 2 fully saturated rings. The number of hydrogen-bond acceptors (Lipinski definition) is 5. The van der Waals surface area contributed by atoms with E-state index in [1.165, 1.54) is 30.2 Å². The van der Waals surface area contributed by atoms with Crippen LogP contribution in [0.25, 0.3) is 16.9 Å². The van der Waals surface area contributed by atoms with Gasteiger partial charge in [0.05, 0.1) is 11.2 Å². The van der Waals surface area contributed by atoms with Crippen LogP contribution in [0, 0.1) is 6.92 Å². The van der Waals surface area contributed by atoms with Gasteiger partial charge >= 0.3 is 0 Å². The zero-order chi connectivity index (χ0) is 18.4. The van der Waals surface area contributed by atoms with Crippen LogP contribution >= 0.6 is 0 Å². The normalized spacial score (nSPS) is 19.6. The van der Waals surface area contributed by atoms with E-state index in [1.807, 2.05) is 4.68 Å². The first-order valence-electron chi connectivity index (χ1n) is 10.3. The lowest BCUT2D eigenvalue weighted by Crippen LogP contribution is -2.44. The molecule has 0 N–H and O–H groups in total. The maximum absolute atomic E-state index is 5.68. The van der Waals surface area contributed by atoms with Crippen molar-refractivity contribution in [3.63, 3.8) is 0 Å². The van der Waals surface area contributed by atoms with Crippen molar-refractivity contribution in [2.24, 2.45) is 0 Å². The number of aryl methyl sites for hydroxylation is 2. The molecule has 6 heteroatoms. The van der Waals surface area contributed by atoms with Crippen LogP contribution in [0.4, 0.5) is 0 Å². The second-order valence-electron chi connectivity index (χ2n) is 8.06. The van der Waals surface area contributed by atoms with Gasteiger partial charge in [-0.25, -0.2) is 0 Å². The molecular formula is C21H27N5O. The molecule has 1 saturated carbocycles. The Morgan fingerprint density at radius 2 is 1.96 bits per heavy atom. The molecule has 1 aromatic carbocycles. The summed E-state index contributed by atoms with van der Waals surface area (Å²) >= 11 is 0. The summed E-state index contributed by atoms with van der Waals surface area (Å²) in [5.74, 6) is 1.70. The molecule has 0 spiro atoms. The van der Waals surface area contributed by atoms with Gasteiger partial charge in [0.2, 0.25) is 5.89 Å². The minimum Gasteiger partial charge on any atom is -0.337 e. The van der Waals surface area contributed by atoms with Gasteiger partial charge in [0.15, 0.2) is 0 Å². The quantitative estimate of drug-likeness (QED) is 0.699. The van der Waals surface area contributed by atoms with Crippen molar-refractivity contribution in [2.45, 2.75) is 64.3 Å². The number of likely N-dealkylation sites (tertiary alicyclic amines) is 1. The molecule has 1 aliphatic heterocycles. The first-order valence-corrected chi connectivity index (χ1v) is 10.3. The molecule has 3 heterocycles. The summed E-state index contributed by atoms with van der Waals surface area (Å²) in [6.07, 6.45) is 7.25. The van der Waals surface area contributed by atoms with Gasteiger partial charge in [-0.1, -0.05) is 25.5 Å². The lowest BCUT2D eigenvalue weighted by atomic mass is 9.88. The molecule has 2 aromatic heterocycles. The summed E-state index contributed by atoms with van der Waals surface area (Å²) in [5.41, 5.74) is 3.34. The summed E-state index contributed by atoms with van der Waals surface area (Å²) in [5, 5.41) is 10.2. The van der Waals surface area contributed by atoms with Crippen LogP contribution in [0.1, 0.15) is 62.1 Å². The Bertz CT molecular complexity index is 947. The van der Waals surface area contributed by atoms with Gasteiger partial charge < -0.3 is 9.42 Å². The van der Waals surface area contributed by atoms with Crippen molar-refractivity contribution in [2.75, 3.05) is 13.1 Å². The highest BCUT2D eigenvalue weighted by Crippen LogP contribution is 2.33. The van der Waals surface area contributed by atoms with Gasteiger partial charge in [-0.05, 0) is 68.9 Å². The van der Waals surface area contributed by atoms with Gasteiger partial charge in [-0.3, -0.25) is 0 Å². The largest absolute Gasteiger partial charge is 0.337 e. The van der Waals surface area contributed by atoms with Crippen molar-refractivity contribution < 1.29 is 4.52 Å². The van der Waals surface area contributed by atoms with Gasteiger partial charge in [-0.15, -0.1) is 0 Å².